The molecule has 1 N–H and O–H groups in total. The Balaban J connectivity index is 1.49. The van der Waals surface area contributed by atoms with Gasteiger partial charge in [0.05, 0.1) is 23.2 Å². The van der Waals surface area contributed by atoms with E-state index >= 15 is 0 Å². The van der Waals surface area contributed by atoms with Crippen LogP contribution in [0.2, 0.25) is 0 Å². The maximum Gasteiger partial charge on any atom is 0.419 e. The number of carbonyl (C=O) groups is 1. The highest BCUT2D eigenvalue weighted by atomic mass is 32.2. The van der Waals surface area contributed by atoms with Gasteiger partial charge in [-0.2, -0.15) is 16.5 Å². The number of thioether (sulfide) groups is 1. The first kappa shape index (κ1) is 26.1. The Morgan fingerprint density at radius 3 is 2.58 bits per heavy atom. The topological polar surface area (TPSA) is 114 Å². The third-order valence-corrected chi connectivity index (χ3v) is 8.41. The predicted molar refractivity (Wildman–Crippen MR) is 140 cm³/mol. The molecule has 0 spiro atoms. The Morgan fingerprint density at radius 2 is 1.89 bits per heavy atom. The highest BCUT2D eigenvalue weighted by Crippen LogP contribution is 2.28. The Kier molecular flexibility index (Phi) is 7.96. The van der Waals surface area contributed by atoms with E-state index in [1.54, 1.807) is 30.8 Å². The molecular formula is C24H30N4O6S2. The number of fused-ring (bicyclic) bond motifs is 1. The Hall–Kier alpha value is -2.96. The first-order chi connectivity index (χ1) is 17.2. The molecule has 0 aliphatic carbocycles. The van der Waals surface area contributed by atoms with Crippen LogP contribution in [0.3, 0.4) is 0 Å². The van der Waals surface area contributed by atoms with E-state index in [1.165, 1.54) is 22.8 Å². The molecular weight excluding hydrogens is 504 g/mol. The van der Waals surface area contributed by atoms with Crippen molar-refractivity contribution >= 4 is 44.5 Å². The second-order valence-electron chi connectivity index (χ2n) is 8.50. The molecule has 1 amide bonds. The van der Waals surface area contributed by atoms with Crippen LogP contribution in [0.25, 0.3) is 11.1 Å². The van der Waals surface area contributed by atoms with Gasteiger partial charge in [0.2, 0.25) is 15.9 Å². The molecule has 4 rings (SSSR count). The molecule has 1 saturated heterocycles. The number of amides is 1. The van der Waals surface area contributed by atoms with E-state index in [0.717, 1.165) is 11.4 Å². The molecule has 0 bridgehead atoms. The molecule has 3 aromatic rings. The molecule has 194 valence electrons. The average Bonchev–Trinajstić information content (AvgIpc) is 3.18. The minimum Gasteiger partial charge on any atom is -0.495 e. The summed E-state index contributed by atoms with van der Waals surface area (Å²) in [6.45, 7) is 2.15. The molecule has 12 heteroatoms. The zero-order valence-corrected chi connectivity index (χ0v) is 22.1. The lowest BCUT2D eigenvalue weighted by Crippen LogP contribution is -2.55. The van der Waals surface area contributed by atoms with E-state index in [9.17, 15) is 18.0 Å². The van der Waals surface area contributed by atoms with Gasteiger partial charge in [0.15, 0.2) is 5.58 Å². The SMILES string of the molecule is COc1ccccc1N1CCN(C(=O)[C@H](CCSC)NS(=O)(=O)c2ccc3c(c2)oc(=O)n3C)CC1. The van der Waals surface area contributed by atoms with Crippen molar-refractivity contribution < 1.29 is 22.4 Å². The van der Waals surface area contributed by atoms with Crippen molar-refractivity contribution in [3.8, 4) is 5.75 Å². The van der Waals surface area contributed by atoms with Crippen molar-refractivity contribution in [1.82, 2.24) is 14.2 Å². The first-order valence-electron chi connectivity index (χ1n) is 11.5. The first-order valence-corrected chi connectivity index (χ1v) is 14.4. The van der Waals surface area contributed by atoms with Crippen LogP contribution in [0.1, 0.15) is 6.42 Å². The predicted octanol–water partition coefficient (Wildman–Crippen LogP) is 1.89. The van der Waals surface area contributed by atoms with Crippen LogP contribution < -0.4 is 20.1 Å². The minimum atomic E-state index is -4.04. The molecule has 1 fully saturated rings. The van der Waals surface area contributed by atoms with E-state index in [1.807, 2.05) is 30.5 Å². The van der Waals surface area contributed by atoms with Crippen molar-refractivity contribution in [2.75, 3.05) is 50.2 Å². The van der Waals surface area contributed by atoms with Crippen LogP contribution in [-0.2, 0) is 21.9 Å². The molecule has 1 atom stereocenters. The fourth-order valence-corrected chi connectivity index (χ4v) is 5.99. The summed E-state index contributed by atoms with van der Waals surface area (Å²) in [7, 11) is -0.860. The number of sulfonamides is 1. The fraction of sp³-hybridized carbons (Fsp3) is 0.417. The molecule has 2 aromatic carbocycles. The van der Waals surface area contributed by atoms with Gasteiger partial charge in [0.25, 0.3) is 0 Å². The summed E-state index contributed by atoms with van der Waals surface area (Å²) >= 11 is 1.54. The largest absolute Gasteiger partial charge is 0.495 e. The summed E-state index contributed by atoms with van der Waals surface area (Å²) in [6.07, 6.45) is 2.27. The molecule has 36 heavy (non-hydrogen) atoms. The number of aromatic nitrogens is 1. The summed E-state index contributed by atoms with van der Waals surface area (Å²) in [6, 6.07) is 11.1. The lowest BCUT2D eigenvalue weighted by Gasteiger charge is -2.38. The van der Waals surface area contributed by atoms with E-state index in [4.69, 9.17) is 9.15 Å². The summed E-state index contributed by atoms with van der Waals surface area (Å²) < 4.78 is 40.9. The highest BCUT2D eigenvalue weighted by molar-refractivity contribution is 7.98. The van der Waals surface area contributed by atoms with Crippen molar-refractivity contribution in [2.24, 2.45) is 7.05 Å². The van der Waals surface area contributed by atoms with E-state index in [0.29, 0.717) is 43.9 Å². The smallest absolute Gasteiger partial charge is 0.419 e. The zero-order valence-electron chi connectivity index (χ0n) is 20.5. The molecule has 1 aliphatic rings. The van der Waals surface area contributed by atoms with Gasteiger partial charge in [-0.3, -0.25) is 9.36 Å². The van der Waals surface area contributed by atoms with Gasteiger partial charge in [0.1, 0.15) is 11.8 Å². The van der Waals surface area contributed by atoms with E-state index in [-0.39, 0.29) is 16.4 Å². The van der Waals surface area contributed by atoms with Gasteiger partial charge in [-0.25, -0.2) is 13.2 Å². The number of oxazole rings is 1. The lowest BCUT2D eigenvalue weighted by atomic mass is 10.1. The van der Waals surface area contributed by atoms with Gasteiger partial charge in [-0.1, -0.05) is 12.1 Å². The second-order valence-corrected chi connectivity index (χ2v) is 11.2. The molecule has 10 nitrogen and oxygen atoms in total. The number of nitrogens with zero attached hydrogens (tertiary/aromatic N) is 3. The number of para-hydroxylation sites is 2. The van der Waals surface area contributed by atoms with Gasteiger partial charge in [-0.05, 0) is 42.7 Å². The number of ether oxygens (including phenoxy) is 1. The number of carbonyl (C=O) groups excluding carboxylic acids is 1. The second kappa shape index (κ2) is 11.0. The molecule has 1 aliphatic heterocycles. The number of benzene rings is 2. The molecule has 1 aromatic heterocycles. The summed E-state index contributed by atoms with van der Waals surface area (Å²) in [5, 5.41) is 0. The molecule has 0 unspecified atom stereocenters. The quantitative estimate of drug-likeness (QED) is 0.443. The van der Waals surface area contributed by atoms with Crippen LogP contribution in [0.4, 0.5) is 5.69 Å². The van der Waals surface area contributed by atoms with Gasteiger partial charge in [-0.15, -0.1) is 0 Å². The van der Waals surface area contributed by atoms with Crippen molar-refractivity contribution in [2.45, 2.75) is 17.4 Å². The summed E-state index contributed by atoms with van der Waals surface area (Å²) in [5.74, 6) is 0.564. The van der Waals surface area contributed by atoms with Crippen LogP contribution in [0, 0.1) is 0 Å². The number of rotatable bonds is 9. The number of hydrogen-bond donors (Lipinski definition) is 1. The lowest BCUT2D eigenvalue weighted by molar-refractivity contribution is -0.133. The average molecular weight is 535 g/mol. The van der Waals surface area contributed by atoms with Crippen LogP contribution in [0.5, 0.6) is 5.75 Å². The number of methoxy groups -OCH3 is 1. The third kappa shape index (κ3) is 5.40. The summed E-state index contributed by atoms with van der Waals surface area (Å²) in [4.78, 5) is 29.0. The Bertz CT molecular complexity index is 1390. The highest BCUT2D eigenvalue weighted by Gasteiger charge is 2.31. The maximum absolute atomic E-state index is 13.4. The fourth-order valence-electron chi connectivity index (χ4n) is 4.28. The normalized spacial score (nSPS) is 15.3. The Labute approximate surface area is 214 Å². The number of aryl methyl sites for hydroxylation is 1. The maximum atomic E-state index is 13.4. The summed E-state index contributed by atoms with van der Waals surface area (Å²) in [5.41, 5.74) is 1.63. The van der Waals surface area contributed by atoms with Gasteiger partial charge >= 0.3 is 5.76 Å². The van der Waals surface area contributed by atoms with Crippen LogP contribution in [0.15, 0.2) is 56.6 Å². The van der Waals surface area contributed by atoms with Gasteiger partial charge < -0.3 is 19.0 Å². The van der Waals surface area contributed by atoms with Crippen LogP contribution in [-0.4, -0.2) is 75.1 Å². The van der Waals surface area contributed by atoms with Crippen molar-refractivity contribution in [3.63, 3.8) is 0 Å². The number of nitrogens with one attached hydrogen (secondary N) is 1. The molecule has 0 saturated carbocycles. The van der Waals surface area contributed by atoms with Crippen molar-refractivity contribution in [1.29, 1.82) is 0 Å². The number of piperazine rings is 1. The van der Waals surface area contributed by atoms with Crippen molar-refractivity contribution in [3.05, 3.63) is 53.0 Å². The number of anilines is 1. The van der Waals surface area contributed by atoms with Gasteiger partial charge in [0, 0.05) is 39.3 Å². The third-order valence-electron chi connectivity index (χ3n) is 6.30. The van der Waals surface area contributed by atoms with E-state index < -0.39 is 21.8 Å². The monoisotopic (exact) mass is 534 g/mol. The zero-order chi connectivity index (χ0) is 25.9. The number of hydrogen-bond acceptors (Lipinski definition) is 8. The molecule has 0 radical (unpaired) electrons. The Morgan fingerprint density at radius 1 is 1.17 bits per heavy atom. The standard InChI is InChI=1S/C24H30N4O6S2/c1-26-19-9-8-17(16-22(19)34-24(26)30)36(31,32)25-18(10-15-35-3)23(29)28-13-11-27(12-14-28)20-6-4-5-7-21(20)33-2/h4-9,16,18,25H,10-15H2,1-3H3/t18-/m0/s1. The minimum absolute atomic E-state index is 0.0627. The van der Waals surface area contributed by atoms with E-state index in [2.05, 4.69) is 9.62 Å². The van der Waals surface area contributed by atoms with Crippen LogP contribution >= 0.6 is 11.8 Å². The molecule has 2 heterocycles.